The smallest absolute Gasteiger partial charge is 1.00 e. The molecule has 16 heteroatoms. The van der Waals surface area contributed by atoms with Gasteiger partial charge in [0.2, 0.25) is 0 Å². The van der Waals surface area contributed by atoms with E-state index in [-0.39, 0.29) is 74.4 Å². The van der Waals surface area contributed by atoms with Gasteiger partial charge in [0.1, 0.15) is 11.5 Å². The second kappa shape index (κ2) is 40.8. The summed E-state index contributed by atoms with van der Waals surface area (Å²) in [6.07, 6.45) is 0. The van der Waals surface area contributed by atoms with Crippen LogP contribution in [0.2, 0.25) is 0 Å². The van der Waals surface area contributed by atoms with Gasteiger partial charge in [-0.1, -0.05) is 158 Å². The molecular weight excluding hydrogens is 1100 g/mol. The molecule has 0 unspecified atom stereocenters. The van der Waals surface area contributed by atoms with Gasteiger partial charge in [0.15, 0.2) is 0 Å². The van der Waals surface area contributed by atoms with E-state index in [1.54, 1.807) is 14.2 Å². The van der Waals surface area contributed by atoms with Gasteiger partial charge in [-0.3, -0.25) is 0 Å². The average Bonchev–Trinajstić information content (AvgIpc) is 3.21. The summed E-state index contributed by atoms with van der Waals surface area (Å²) in [5, 5.41) is 26.0. The Labute approximate surface area is 415 Å². The van der Waals surface area contributed by atoms with Gasteiger partial charge in [-0.05, 0) is 63.0 Å². The number of alkyl halides is 4. The van der Waals surface area contributed by atoms with Gasteiger partial charge in [0.05, 0.1) is 24.9 Å². The van der Waals surface area contributed by atoms with Gasteiger partial charge in [-0.25, -0.2) is 0 Å². The van der Waals surface area contributed by atoms with Gasteiger partial charge >= 0.3 is 39.0 Å². The van der Waals surface area contributed by atoms with Gasteiger partial charge < -0.3 is 54.1 Å². The minimum absolute atomic E-state index is 0. The summed E-state index contributed by atoms with van der Waals surface area (Å²) >= 11 is 19.1. The molecule has 6 aromatic rings. The van der Waals surface area contributed by atoms with Crippen molar-refractivity contribution in [3.8, 4) is 11.5 Å². The number of carbonyl (C=O) groups excluding carboxylic acids is 2. The van der Waals surface area contributed by atoms with Gasteiger partial charge in [-0.2, -0.15) is 0 Å². The summed E-state index contributed by atoms with van der Waals surface area (Å²) in [5.41, 5.74) is 0. The van der Waals surface area contributed by atoms with Crippen LogP contribution in [0.15, 0.2) is 170 Å². The number of rotatable bonds is 8. The van der Waals surface area contributed by atoms with Crippen molar-refractivity contribution in [1.29, 1.82) is 0 Å². The number of aliphatic carboxylic acids is 2. The molecule has 0 heterocycles. The number of methoxy groups -OCH3 is 2. The van der Waals surface area contributed by atoms with Crippen molar-refractivity contribution >= 4 is 106 Å². The summed E-state index contributed by atoms with van der Waals surface area (Å²) in [7, 11) is 2.28. The second-order valence-electron chi connectivity index (χ2n) is 10.5. The van der Waals surface area contributed by atoms with Crippen molar-refractivity contribution in [3.63, 3.8) is 0 Å². The maximum atomic E-state index is 8.89. The van der Waals surface area contributed by atoms with Crippen LogP contribution in [0, 0.1) is 0 Å². The van der Waals surface area contributed by atoms with Crippen LogP contribution in [0.5, 0.6) is 11.5 Å². The van der Waals surface area contributed by atoms with Crippen molar-refractivity contribution in [2.45, 2.75) is 13.8 Å². The van der Waals surface area contributed by atoms with Crippen LogP contribution in [0.4, 0.5) is 0 Å². The fourth-order valence-electron chi connectivity index (χ4n) is 4.79. The van der Waals surface area contributed by atoms with Crippen LogP contribution < -0.4 is 76.3 Å². The number of benzene rings is 6. The summed E-state index contributed by atoms with van der Waals surface area (Å²) < 4.78 is 11.2. The van der Waals surface area contributed by atoms with Crippen molar-refractivity contribution in [2.75, 3.05) is 24.9 Å². The molecular formula is C44H44Cl6O6P2Rh2. The molecule has 0 bridgehead atoms. The first kappa shape index (κ1) is 64.3. The van der Waals surface area contributed by atoms with Crippen LogP contribution in [-0.2, 0) is 48.5 Å². The Morgan fingerprint density at radius 3 is 0.783 bits per heavy atom. The standard InChI is InChI=1S/2C19H17OP.2C2H4O2.2CH2Cl2.2ClH.2Rh/c2*1-20-18-14-8-9-15-19(18)21(16-10-4-2-5-11-16)17-12-6-3-7-13-17;2*1-2(3)4;2*2-1-3;;;;/h2*2-15H,1H3;2*1H3,(H,3,4);2*1H2;2*1H;;/q;;;;;;;;2*+2/p-4. The normalized spacial score (nSPS) is 8.83. The number of para-hydroxylation sites is 2. The molecule has 0 fully saturated rings. The third kappa shape index (κ3) is 26.2. The van der Waals surface area contributed by atoms with Crippen LogP contribution in [0.25, 0.3) is 0 Å². The predicted molar refractivity (Wildman–Crippen MR) is 238 cm³/mol. The van der Waals surface area contributed by atoms with Crippen LogP contribution in [-0.4, -0.2) is 36.8 Å². The maximum Gasteiger partial charge on any atom is 2.00 e. The number of hydrogen-bond donors (Lipinski definition) is 0. The van der Waals surface area contributed by atoms with E-state index in [4.69, 9.17) is 75.7 Å². The summed E-state index contributed by atoms with van der Waals surface area (Å²) in [4.78, 5) is 17.8. The molecule has 6 aromatic carbocycles. The van der Waals surface area contributed by atoms with Crippen molar-refractivity contribution in [3.05, 3.63) is 170 Å². The molecule has 60 heavy (non-hydrogen) atoms. The van der Waals surface area contributed by atoms with Crippen LogP contribution in [0.3, 0.4) is 0 Å². The molecule has 0 saturated heterocycles. The number of carboxylic acids is 2. The molecule has 6 rings (SSSR count). The molecule has 6 nitrogen and oxygen atoms in total. The second-order valence-corrected chi connectivity index (χ2v) is 16.5. The zero-order valence-electron chi connectivity index (χ0n) is 32.9. The van der Waals surface area contributed by atoms with Crippen molar-refractivity contribution in [2.24, 2.45) is 0 Å². The van der Waals surface area contributed by atoms with Crippen molar-refractivity contribution in [1.82, 2.24) is 0 Å². The van der Waals surface area contributed by atoms with E-state index in [0.717, 1.165) is 25.3 Å². The van der Waals surface area contributed by atoms with Gasteiger partial charge in [-0.15, -0.1) is 46.4 Å². The van der Waals surface area contributed by atoms with E-state index in [2.05, 4.69) is 146 Å². The topological polar surface area (TPSA) is 98.7 Å². The van der Waals surface area contributed by atoms with Crippen LogP contribution >= 0.6 is 62.2 Å². The Bertz CT molecular complexity index is 1700. The molecule has 0 aliphatic heterocycles. The Hall–Kier alpha value is -2.29. The summed E-state index contributed by atoms with van der Waals surface area (Å²) in [5.74, 6) is -0.257. The molecule has 0 aliphatic rings. The first-order valence-electron chi connectivity index (χ1n) is 16.7. The number of carboxylic acid groups (broad SMARTS) is 2. The summed E-state index contributed by atoms with van der Waals surface area (Å²) in [6, 6.07) is 59.3. The molecule has 2 radical (unpaired) electrons. The van der Waals surface area contributed by atoms with Crippen LogP contribution in [0.1, 0.15) is 13.8 Å². The first-order valence-corrected chi connectivity index (χ1v) is 21.6. The zero-order chi connectivity index (χ0) is 41.6. The number of ether oxygens (including phenoxy) is 2. The van der Waals surface area contributed by atoms with E-state index in [1.807, 2.05) is 24.3 Å². The van der Waals surface area contributed by atoms with Gasteiger partial charge in [0, 0.05) is 22.5 Å². The molecule has 0 atom stereocenters. The van der Waals surface area contributed by atoms with Gasteiger partial charge in [0.25, 0.3) is 0 Å². The average molecular weight is 1150 g/mol. The largest absolute Gasteiger partial charge is 2.00 e. The summed E-state index contributed by atoms with van der Waals surface area (Å²) in [6.45, 7) is 1.94. The Kier molecular flexibility index (Phi) is 43.7. The first-order chi connectivity index (χ1) is 27.1. The monoisotopic (exact) mass is 1150 g/mol. The molecule has 0 spiro atoms. The van der Waals surface area contributed by atoms with E-state index < -0.39 is 27.8 Å². The SMILES string of the molecule is CC(=O)[O-].CC(=O)[O-].COc1ccccc1P(c1ccccc1)c1ccccc1.COc1ccccc1P(c1ccccc1)c1ccccc1.ClCCl.ClCCl.[Cl-].[Cl-].[Rh+2].[Rh+2]. The van der Waals surface area contributed by atoms with Crippen molar-refractivity contribution < 1.29 is 93.0 Å². The fourth-order valence-corrected chi connectivity index (χ4v) is 9.62. The number of hydrogen-bond acceptors (Lipinski definition) is 6. The molecule has 0 N–H and O–H groups in total. The molecule has 0 aromatic heterocycles. The third-order valence-electron chi connectivity index (χ3n) is 6.71. The van der Waals surface area contributed by atoms with E-state index in [0.29, 0.717) is 0 Å². The van der Waals surface area contributed by atoms with E-state index >= 15 is 0 Å². The Morgan fingerprint density at radius 2 is 0.600 bits per heavy atom. The maximum absolute atomic E-state index is 8.89. The molecule has 0 aliphatic carbocycles. The molecule has 0 saturated carbocycles. The minimum Gasteiger partial charge on any atom is -1.00 e. The Morgan fingerprint density at radius 1 is 0.433 bits per heavy atom. The molecule has 0 amide bonds. The minimum atomic E-state index is -1.08. The zero-order valence-corrected chi connectivity index (χ0v) is 42.5. The number of carbonyl (C=O) groups is 2. The third-order valence-corrected chi connectivity index (χ3v) is 11.7. The molecule has 326 valence electrons. The fraction of sp³-hybridized carbons (Fsp3) is 0.136. The van der Waals surface area contributed by atoms with E-state index in [9.17, 15) is 0 Å². The quantitative estimate of drug-likeness (QED) is 0.130. The predicted octanol–water partition coefficient (Wildman–Crippen LogP) is 1.27. The number of halogens is 6. The van der Waals surface area contributed by atoms with E-state index in [1.165, 1.54) is 31.8 Å². The Balaban J connectivity index is -0.000000380.